The molecule has 0 unspecified atom stereocenters. The number of carbonyl (C=O) groups excluding carboxylic acids is 2. The lowest BCUT2D eigenvalue weighted by Crippen LogP contribution is -2.40. The Labute approximate surface area is 154 Å². The summed E-state index contributed by atoms with van der Waals surface area (Å²) in [5, 5.41) is 0. The summed E-state index contributed by atoms with van der Waals surface area (Å²) in [6.07, 6.45) is 0. The smallest absolute Gasteiger partial charge is 0.378 e. The van der Waals surface area contributed by atoms with E-state index in [1.807, 2.05) is 0 Å². The Morgan fingerprint density at radius 1 is 1.20 bits per heavy atom. The van der Waals surface area contributed by atoms with Crippen LogP contribution in [0.15, 0.2) is 40.9 Å². The zero-order valence-corrected chi connectivity index (χ0v) is 16.2. The molecule has 0 radical (unpaired) electrons. The molecule has 138 valence electrons. The summed E-state index contributed by atoms with van der Waals surface area (Å²) in [5.41, 5.74) is -1.35. The van der Waals surface area contributed by atoms with Crippen LogP contribution in [0.4, 0.5) is 8.78 Å². The highest BCUT2D eigenvalue weighted by molar-refractivity contribution is 9.10. The number of alkyl halides is 2. The monoisotopic (exact) mass is 418 g/mol. The van der Waals surface area contributed by atoms with Crippen molar-refractivity contribution in [2.45, 2.75) is 45.1 Å². The molecule has 0 bridgehead atoms. The first-order valence-electron chi connectivity index (χ1n) is 7.62. The van der Waals surface area contributed by atoms with Gasteiger partial charge in [0.2, 0.25) is 0 Å². The lowest BCUT2D eigenvalue weighted by atomic mass is 9.86. The minimum atomic E-state index is -3.97. The molecule has 1 rings (SSSR count). The van der Waals surface area contributed by atoms with Crippen molar-refractivity contribution in [3.8, 4) is 0 Å². The van der Waals surface area contributed by atoms with E-state index in [-0.39, 0.29) is 12.2 Å². The number of benzene rings is 1. The molecule has 0 aliphatic rings. The van der Waals surface area contributed by atoms with Gasteiger partial charge in [-0.15, -0.1) is 0 Å². The fourth-order valence-corrected chi connectivity index (χ4v) is 2.36. The molecule has 0 spiro atoms. The Hall–Kier alpha value is -1.76. The van der Waals surface area contributed by atoms with Crippen molar-refractivity contribution in [2.24, 2.45) is 0 Å². The van der Waals surface area contributed by atoms with E-state index in [9.17, 15) is 18.4 Å². The number of hydrogen-bond donors (Lipinski definition) is 0. The molecule has 0 aliphatic heterocycles. The Balaban J connectivity index is 3.33. The third-order valence-electron chi connectivity index (χ3n) is 3.12. The van der Waals surface area contributed by atoms with Crippen LogP contribution in [0.1, 0.15) is 39.2 Å². The number of esters is 2. The topological polar surface area (TPSA) is 52.6 Å². The molecule has 0 aliphatic carbocycles. The van der Waals surface area contributed by atoms with E-state index in [4.69, 9.17) is 4.74 Å². The zero-order chi connectivity index (χ0) is 19.4. The standard InChI is InChI=1S/C18H21BrF2O4/c1-6-24-16(23)18(20,21)14(12-7-9-13(19)10-8-12)11(2)15(22)25-17(3,4)5/h7-10,14H,2,6H2,1,3-5H3/t14-/m1/s1. The van der Waals surface area contributed by atoms with Gasteiger partial charge in [-0.05, 0) is 45.4 Å². The predicted octanol–water partition coefficient (Wildman–Crippen LogP) is 4.63. The van der Waals surface area contributed by atoms with E-state index in [1.165, 1.54) is 31.2 Å². The Morgan fingerprint density at radius 2 is 1.72 bits per heavy atom. The number of ether oxygens (including phenoxy) is 2. The van der Waals surface area contributed by atoms with Crippen LogP contribution in [0.25, 0.3) is 0 Å². The maximum Gasteiger partial charge on any atom is 0.378 e. The molecule has 0 fully saturated rings. The first-order chi connectivity index (χ1) is 11.4. The van der Waals surface area contributed by atoms with Gasteiger partial charge >= 0.3 is 17.9 Å². The van der Waals surface area contributed by atoms with Gasteiger partial charge in [0.25, 0.3) is 0 Å². The van der Waals surface area contributed by atoms with Crippen LogP contribution >= 0.6 is 15.9 Å². The van der Waals surface area contributed by atoms with Crippen molar-refractivity contribution in [1.82, 2.24) is 0 Å². The van der Waals surface area contributed by atoms with Gasteiger partial charge in [-0.1, -0.05) is 34.6 Å². The second-order valence-corrected chi connectivity index (χ2v) is 7.27. The van der Waals surface area contributed by atoms with Gasteiger partial charge in [-0.3, -0.25) is 0 Å². The molecule has 7 heteroatoms. The maximum absolute atomic E-state index is 14.7. The van der Waals surface area contributed by atoms with Gasteiger partial charge in [0.1, 0.15) is 5.60 Å². The van der Waals surface area contributed by atoms with Crippen LogP contribution in [0.5, 0.6) is 0 Å². The van der Waals surface area contributed by atoms with Crippen LogP contribution in [-0.2, 0) is 19.1 Å². The molecule has 0 N–H and O–H groups in total. The Kier molecular flexibility index (Phi) is 6.88. The Bertz CT molecular complexity index is 648. The van der Waals surface area contributed by atoms with Crippen LogP contribution in [0.3, 0.4) is 0 Å². The molecule has 0 saturated carbocycles. The molecule has 0 heterocycles. The molecule has 25 heavy (non-hydrogen) atoms. The van der Waals surface area contributed by atoms with Crippen molar-refractivity contribution in [3.05, 3.63) is 46.5 Å². The van der Waals surface area contributed by atoms with Gasteiger partial charge in [-0.25, -0.2) is 9.59 Å². The fraction of sp³-hybridized carbons (Fsp3) is 0.444. The molecule has 1 aromatic carbocycles. The van der Waals surface area contributed by atoms with Gasteiger partial charge in [0, 0.05) is 10.0 Å². The average molecular weight is 419 g/mol. The molecule has 4 nitrogen and oxygen atoms in total. The molecule has 1 atom stereocenters. The molecule has 1 aromatic rings. The Morgan fingerprint density at radius 3 is 2.16 bits per heavy atom. The fourth-order valence-electron chi connectivity index (χ4n) is 2.09. The van der Waals surface area contributed by atoms with E-state index in [2.05, 4.69) is 27.2 Å². The average Bonchev–Trinajstić information content (AvgIpc) is 2.47. The summed E-state index contributed by atoms with van der Waals surface area (Å²) >= 11 is 3.21. The van der Waals surface area contributed by atoms with Crippen LogP contribution in [0, 0.1) is 0 Å². The number of rotatable bonds is 6. The highest BCUT2D eigenvalue weighted by Crippen LogP contribution is 2.40. The van der Waals surface area contributed by atoms with E-state index in [0.29, 0.717) is 4.47 Å². The first kappa shape index (κ1) is 21.3. The summed E-state index contributed by atoms with van der Waals surface area (Å²) < 4.78 is 39.8. The van der Waals surface area contributed by atoms with Crippen molar-refractivity contribution in [3.63, 3.8) is 0 Å². The molecule has 0 aromatic heterocycles. The first-order valence-corrected chi connectivity index (χ1v) is 8.42. The van der Waals surface area contributed by atoms with Crippen molar-refractivity contribution in [1.29, 1.82) is 0 Å². The quantitative estimate of drug-likeness (QED) is 0.499. The third-order valence-corrected chi connectivity index (χ3v) is 3.65. The summed E-state index contributed by atoms with van der Waals surface area (Å²) in [6, 6.07) is 5.84. The molecule has 0 saturated heterocycles. The highest BCUT2D eigenvalue weighted by Gasteiger charge is 2.52. The third kappa shape index (κ3) is 5.63. The number of carbonyl (C=O) groups is 2. The van der Waals surface area contributed by atoms with Crippen molar-refractivity contribution < 1.29 is 27.8 Å². The van der Waals surface area contributed by atoms with E-state index in [0.717, 1.165) is 0 Å². The van der Waals surface area contributed by atoms with Gasteiger partial charge in [-0.2, -0.15) is 8.78 Å². The summed E-state index contributed by atoms with van der Waals surface area (Å²) in [7, 11) is 0. The van der Waals surface area contributed by atoms with E-state index in [1.54, 1.807) is 20.8 Å². The van der Waals surface area contributed by atoms with E-state index >= 15 is 0 Å². The molecular weight excluding hydrogens is 398 g/mol. The lowest BCUT2D eigenvalue weighted by Gasteiger charge is -2.28. The van der Waals surface area contributed by atoms with Crippen LogP contribution in [0.2, 0.25) is 0 Å². The largest absolute Gasteiger partial charge is 0.462 e. The maximum atomic E-state index is 14.7. The highest BCUT2D eigenvalue weighted by atomic mass is 79.9. The number of halogens is 3. The van der Waals surface area contributed by atoms with E-state index < -0.39 is 35.0 Å². The van der Waals surface area contributed by atoms with Crippen molar-refractivity contribution >= 4 is 27.9 Å². The summed E-state index contributed by atoms with van der Waals surface area (Å²) in [6.45, 7) is 9.51. The summed E-state index contributed by atoms with van der Waals surface area (Å²) in [5.74, 6) is -8.58. The normalized spacial score (nSPS) is 13.1. The molecular formula is C18H21BrF2O4. The minimum absolute atomic E-state index is 0.0529. The second kappa shape index (κ2) is 8.08. The van der Waals surface area contributed by atoms with Crippen molar-refractivity contribution in [2.75, 3.05) is 6.61 Å². The second-order valence-electron chi connectivity index (χ2n) is 6.36. The van der Waals surface area contributed by atoms with Crippen LogP contribution < -0.4 is 0 Å². The van der Waals surface area contributed by atoms with Gasteiger partial charge in [0.15, 0.2) is 0 Å². The lowest BCUT2D eigenvalue weighted by molar-refractivity contribution is -0.174. The summed E-state index contributed by atoms with van der Waals surface area (Å²) in [4.78, 5) is 24.0. The number of hydrogen-bond acceptors (Lipinski definition) is 4. The van der Waals surface area contributed by atoms with Gasteiger partial charge in [0.05, 0.1) is 12.5 Å². The minimum Gasteiger partial charge on any atom is -0.462 e. The van der Waals surface area contributed by atoms with Crippen LogP contribution in [-0.4, -0.2) is 30.1 Å². The predicted molar refractivity (Wildman–Crippen MR) is 93.4 cm³/mol. The van der Waals surface area contributed by atoms with Gasteiger partial charge < -0.3 is 9.47 Å². The zero-order valence-electron chi connectivity index (χ0n) is 14.6. The SMILES string of the molecule is C=C(C(=O)OC(C)(C)C)[C@H](c1ccc(Br)cc1)C(F)(F)C(=O)OCC. The molecule has 0 amide bonds.